The summed E-state index contributed by atoms with van der Waals surface area (Å²) in [4.78, 5) is 29.7. The molecule has 0 unspecified atom stereocenters. The molecule has 1 aliphatic heterocycles. The Bertz CT molecular complexity index is 1340. The number of benzene rings is 3. The Kier molecular flexibility index (Phi) is 10.1. The number of rotatable bonds is 10. The van der Waals surface area contributed by atoms with Crippen LogP contribution >= 0.6 is 23.2 Å². The second-order valence-electron chi connectivity index (χ2n) is 10.8. The highest BCUT2D eigenvalue weighted by atomic mass is 35.5. The minimum Gasteiger partial charge on any atom is -0.486 e. The van der Waals surface area contributed by atoms with Gasteiger partial charge in [0, 0.05) is 35.5 Å². The molecule has 6 nitrogen and oxygen atoms in total. The number of aryl methyl sites for hydroxylation is 1. The van der Waals surface area contributed by atoms with E-state index in [2.05, 4.69) is 5.32 Å². The number of nitrogens with zero attached hydrogens (tertiary/aromatic N) is 1. The van der Waals surface area contributed by atoms with Gasteiger partial charge in [-0.2, -0.15) is 0 Å². The standard InChI is InChI=1S/C33H36Cl2N2O4/c34-26-14-13-25(28(35)21-26)22-37(32(38)16-12-24-11-15-30-31(20-24)41-18-17-40-30)29(19-23-7-3-1-4-8-23)33(39)36-27-9-5-2-6-10-27/h1,3-4,7-8,11,13-15,20-21,27,29H,2,5-6,9-10,12,16-19,22H2,(H,36,39)/t29-/m0/s1. The third kappa shape index (κ3) is 7.96. The normalized spacial score (nSPS) is 15.7. The second kappa shape index (κ2) is 14.1. The lowest BCUT2D eigenvalue weighted by Crippen LogP contribution is -2.53. The van der Waals surface area contributed by atoms with E-state index in [0.717, 1.165) is 42.4 Å². The fraction of sp³-hybridized carbons (Fsp3) is 0.394. The smallest absolute Gasteiger partial charge is 0.243 e. The van der Waals surface area contributed by atoms with Crippen LogP contribution in [0.4, 0.5) is 0 Å². The van der Waals surface area contributed by atoms with E-state index in [-0.39, 0.29) is 30.8 Å². The van der Waals surface area contributed by atoms with Gasteiger partial charge in [0.15, 0.2) is 11.5 Å². The van der Waals surface area contributed by atoms with Crippen molar-refractivity contribution in [2.45, 2.75) is 70.0 Å². The number of amides is 2. The Labute approximate surface area is 251 Å². The van der Waals surface area contributed by atoms with Crippen molar-refractivity contribution in [3.63, 3.8) is 0 Å². The van der Waals surface area contributed by atoms with E-state index in [9.17, 15) is 9.59 Å². The van der Waals surface area contributed by atoms with Gasteiger partial charge < -0.3 is 19.7 Å². The molecule has 216 valence electrons. The molecule has 3 aromatic rings. The van der Waals surface area contributed by atoms with Crippen molar-refractivity contribution in [3.8, 4) is 11.5 Å². The first-order valence-electron chi connectivity index (χ1n) is 14.4. The monoisotopic (exact) mass is 594 g/mol. The van der Waals surface area contributed by atoms with Gasteiger partial charge in [0.05, 0.1) is 0 Å². The Balaban J connectivity index is 1.41. The molecule has 0 bridgehead atoms. The number of hydrogen-bond donors (Lipinski definition) is 1. The van der Waals surface area contributed by atoms with Crippen molar-refractivity contribution >= 4 is 35.0 Å². The number of nitrogens with one attached hydrogen (secondary N) is 1. The Hall–Kier alpha value is -3.22. The van der Waals surface area contributed by atoms with Crippen LogP contribution < -0.4 is 14.8 Å². The SMILES string of the molecule is O=C(NC1CCCCC1)[C@H](Cc1ccccc1)N(Cc1ccc(Cl)cc1Cl)C(=O)CCc1ccc2c(c1)OCCO2. The quantitative estimate of drug-likeness (QED) is 0.281. The van der Waals surface area contributed by atoms with Gasteiger partial charge in [-0.05, 0) is 60.2 Å². The van der Waals surface area contributed by atoms with E-state index in [0.29, 0.717) is 47.6 Å². The van der Waals surface area contributed by atoms with Gasteiger partial charge in [-0.1, -0.05) is 84.9 Å². The molecule has 1 aliphatic carbocycles. The zero-order valence-corrected chi connectivity index (χ0v) is 24.6. The molecule has 2 amide bonds. The van der Waals surface area contributed by atoms with E-state index in [4.69, 9.17) is 32.7 Å². The highest BCUT2D eigenvalue weighted by Crippen LogP contribution is 2.31. The maximum absolute atomic E-state index is 14.0. The fourth-order valence-electron chi connectivity index (χ4n) is 5.57. The van der Waals surface area contributed by atoms with Crippen LogP contribution in [0.1, 0.15) is 55.2 Å². The Morgan fingerprint density at radius 3 is 2.39 bits per heavy atom. The van der Waals surface area contributed by atoms with Crippen LogP contribution in [0.5, 0.6) is 11.5 Å². The highest BCUT2D eigenvalue weighted by molar-refractivity contribution is 6.35. The van der Waals surface area contributed by atoms with Crippen molar-refractivity contribution in [2.24, 2.45) is 0 Å². The van der Waals surface area contributed by atoms with Crippen molar-refractivity contribution in [2.75, 3.05) is 13.2 Å². The van der Waals surface area contributed by atoms with Crippen LogP contribution in [0.3, 0.4) is 0 Å². The van der Waals surface area contributed by atoms with Crippen molar-refractivity contribution in [3.05, 3.63) is 93.5 Å². The lowest BCUT2D eigenvalue weighted by atomic mass is 9.94. The zero-order valence-electron chi connectivity index (χ0n) is 23.1. The summed E-state index contributed by atoms with van der Waals surface area (Å²) in [7, 11) is 0. The Morgan fingerprint density at radius 2 is 1.63 bits per heavy atom. The maximum Gasteiger partial charge on any atom is 0.243 e. The summed E-state index contributed by atoms with van der Waals surface area (Å²) in [6.07, 6.45) is 6.46. The van der Waals surface area contributed by atoms with Gasteiger partial charge in [-0.25, -0.2) is 0 Å². The van der Waals surface area contributed by atoms with E-state index in [1.54, 1.807) is 17.0 Å². The summed E-state index contributed by atoms with van der Waals surface area (Å²) >= 11 is 12.7. The number of carbonyl (C=O) groups is 2. The molecular weight excluding hydrogens is 559 g/mol. The average molecular weight is 596 g/mol. The van der Waals surface area contributed by atoms with Gasteiger partial charge in [0.25, 0.3) is 0 Å². The van der Waals surface area contributed by atoms with Gasteiger partial charge in [-0.3, -0.25) is 9.59 Å². The van der Waals surface area contributed by atoms with Gasteiger partial charge in [0.2, 0.25) is 11.8 Å². The van der Waals surface area contributed by atoms with Crippen LogP contribution in [-0.2, 0) is 29.0 Å². The molecule has 0 radical (unpaired) electrons. The number of hydrogen-bond acceptors (Lipinski definition) is 4. The van der Waals surface area contributed by atoms with Crippen molar-refractivity contribution in [1.29, 1.82) is 0 Å². The predicted molar refractivity (Wildman–Crippen MR) is 162 cm³/mol. The van der Waals surface area contributed by atoms with Crippen LogP contribution in [0.15, 0.2) is 66.7 Å². The summed E-state index contributed by atoms with van der Waals surface area (Å²) in [5.74, 6) is 1.16. The number of carbonyl (C=O) groups excluding carboxylic acids is 2. The maximum atomic E-state index is 14.0. The lowest BCUT2D eigenvalue weighted by molar-refractivity contribution is -0.141. The molecule has 0 saturated heterocycles. The second-order valence-corrected chi connectivity index (χ2v) is 11.6. The first kappa shape index (κ1) is 29.3. The van der Waals surface area contributed by atoms with Crippen LogP contribution in [0.25, 0.3) is 0 Å². The number of fused-ring (bicyclic) bond motifs is 1. The molecule has 3 aromatic carbocycles. The summed E-state index contributed by atoms with van der Waals surface area (Å²) in [5.41, 5.74) is 2.70. The molecule has 1 heterocycles. The van der Waals surface area contributed by atoms with Crippen molar-refractivity contribution < 1.29 is 19.1 Å². The molecule has 41 heavy (non-hydrogen) atoms. The summed E-state index contributed by atoms with van der Waals surface area (Å²) in [6, 6.07) is 20.3. The average Bonchev–Trinajstić information content (AvgIpc) is 2.99. The molecule has 1 fully saturated rings. The number of ether oxygens (including phenoxy) is 2. The van der Waals surface area contributed by atoms with E-state index < -0.39 is 6.04 Å². The zero-order chi connectivity index (χ0) is 28.6. The molecule has 1 N–H and O–H groups in total. The highest BCUT2D eigenvalue weighted by Gasteiger charge is 2.32. The van der Waals surface area contributed by atoms with Crippen LogP contribution in [0, 0.1) is 0 Å². The molecule has 5 rings (SSSR count). The van der Waals surface area contributed by atoms with Crippen molar-refractivity contribution in [1.82, 2.24) is 10.2 Å². The molecule has 0 aromatic heterocycles. The Morgan fingerprint density at radius 1 is 0.878 bits per heavy atom. The van der Waals surface area contributed by atoms with Gasteiger partial charge in [0.1, 0.15) is 19.3 Å². The molecular formula is C33H36Cl2N2O4. The van der Waals surface area contributed by atoms with E-state index in [1.807, 2.05) is 54.6 Å². The first-order chi connectivity index (χ1) is 20.0. The molecule has 8 heteroatoms. The summed E-state index contributed by atoms with van der Waals surface area (Å²) in [5, 5.41) is 4.26. The van der Waals surface area contributed by atoms with Gasteiger partial charge in [-0.15, -0.1) is 0 Å². The topological polar surface area (TPSA) is 67.9 Å². The van der Waals surface area contributed by atoms with E-state index in [1.165, 1.54) is 6.42 Å². The lowest BCUT2D eigenvalue weighted by Gasteiger charge is -2.34. The summed E-state index contributed by atoms with van der Waals surface area (Å²) in [6.45, 7) is 1.23. The molecule has 1 atom stereocenters. The molecule has 2 aliphatic rings. The molecule has 1 saturated carbocycles. The van der Waals surface area contributed by atoms with E-state index >= 15 is 0 Å². The van der Waals surface area contributed by atoms with Crippen LogP contribution in [-0.4, -0.2) is 42.0 Å². The first-order valence-corrected chi connectivity index (χ1v) is 15.2. The predicted octanol–water partition coefficient (Wildman–Crippen LogP) is 6.79. The van der Waals surface area contributed by atoms with Crippen LogP contribution in [0.2, 0.25) is 10.0 Å². The fourth-order valence-corrected chi connectivity index (χ4v) is 6.04. The molecule has 0 spiro atoms. The third-order valence-electron chi connectivity index (χ3n) is 7.81. The summed E-state index contributed by atoms with van der Waals surface area (Å²) < 4.78 is 11.4. The third-order valence-corrected chi connectivity index (χ3v) is 8.40. The number of halogens is 2. The minimum atomic E-state index is -0.696. The van der Waals surface area contributed by atoms with Gasteiger partial charge >= 0.3 is 0 Å². The largest absolute Gasteiger partial charge is 0.486 e. The minimum absolute atomic E-state index is 0.120.